The van der Waals surface area contributed by atoms with E-state index in [1.807, 2.05) is 0 Å². The summed E-state index contributed by atoms with van der Waals surface area (Å²) < 4.78 is 0. The van der Waals surface area contributed by atoms with E-state index in [1.165, 1.54) is 12.8 Å². The summed E-state index contributed by atoms with van der Waals surface area (Å²) in [6.45, 7) is 13.4. The summed E-state index contributed by atoms with van der Waals surface area (Å²) in [6, 6.07) is 0. The van der Waals surface area contributed by atoms with Gasteiger partial charge in [0.2, 0.25) is 5.95 Å². The molecule has 0 saturated carbocycles. The minimum atomic E-state index is 0.409. The zero-order chi connectivity index (χ0) is 14.8. The fraction of sp³-hybridized carbons (Fsp3) is 0.812. The van der Waals surface area contributed by atoms with Crippen molar-refractivity contribution in [2.24, 2.45) is 11.3 Å². The fourth-order valence-corrected chi connectivity index (χ4v) is 3.01. The second kappa shape index (κ2) is 6.06. The highest BCUT2D eigenvalue weighted by molar-refractivity contribution is 5.31. The van der Waals surface area contributed by atoms with Crippen molar-refractivity contribution < 1.29 is 0 Å². The number of rotatable bonds is 3. The Morgan fingerprint density at radius 3 is 2.10 bits per heavy atom. The van der Waals surface area contributed by atoms with Gasteiger partial charge in [-0.3, -0.25) is 0 Å². The van der Waals surface area contributed by atoms with Crippen LogP contribution in [0.3, 0.4) is 0 Å². The Balaban J connectivity index is 2.07. The Bertz CT molecular complexity index is 442. The lowest BCUT2D eigenvalue weighted by molar-refractivity contribution is 0.198. The third-order valence-electron chi connectivity index (χ3n) is 4.50. The number of nitrogens with zero attached hydrogens (tertiary/aromatic N) is 4. The van der Waals surface area contributed by atoms with Crippen LogP contribution in [0.1, 0.15) is 58.8 Å². The molecule has 4 heteroatoms. The molecule has 2 heterocycles. The number of aromatic nitrogens is 3. The van der Waals surface area contributed by atoms with Crippen LogP contribution in [-0.4, -0.2) is 28.3 Å². The van der Waals surface area contributed by atoms with E-state index in [4.69, 9.17) is 4.98 Å². The summed E-state index contributed by atoms with van der Waals surface area (Å²) in [5.74, 6) is 1.62. The van der Waals surface area contributed by atoms with Gasteiger partial charge in [-0.1, -0.05) is 34.6 Å². The highest BCUT2D eigenvalue weighted by Crippen LogP contribution is 2.34. The van der Waals surface area contributed by atoms with E-state index in [-0.39, 0.29) is 0 Å². The summed E-state index contributed by atoms with van der Waals surface area (Å²) in [7, 11) is 0. The lowest BCUT2D eigenvalue weighted by Gasteiger charge is -2.38. The van der Waals surface area contributed by atoms with Crippen LogP contribution in [0.5, 0.6) is 0 Å². The van der Waals surface area contributed by atoms with Gasteiger partial charge in [-0.2, -0.15) is 5.10 Å². The van der Waals surface area contributed by atoms with Crippen molar-refractivity contribution in [2.75, 3.05) is 18.0 Å². The number of anilines is 1. The van der Waals surface area contributed by atoms with Crippen molar-refractivity contribution in [3.63, 3.8) is 0 Å². The molecule has 0 spiro atoms. The molecule has 0 amide bonds. The quantitative estimate of drug-likeness (QED) is 0.850. The molecule has 0 aromatic carbocycles. The molecule has 0 bridgehead atoms. The third-order valence-corrected chi connectivity index (χ3v) is 4.50. The first kappa shape index (κ1) is 15.2. The molecule has 0 aliphatic carbocycles. The van der Waals surface area contributed by atoms with Gasteiger partial charge >= 0.3 is 0 Å². The highest BCUT2D eigenvalue weighted by atomic mass is 15.3. The predicted octanol–water partition coefficient (Wildman–Crippen LogP) is 3.26. The van der Waals surface area contributed by atoms with Crippen LogP contribution in [0.25, 0.3) is 0 Å². The summed E-state index contributed by atoms with van der Waals surface area (Å²) in [5, 5.41) is 8.69. The molecular weight excluding hydrogens is 248 g/mol. The van der Waals surface area contributed by atoms with Crippen LogP contribution in [0.2, 0.25) is 0 Å². The fourth-order valence-electron chi connectivity index (χ4n) is 3.01. The van der Waals surface area contributed by atoms with Crippen molar-refractivity contribution in [3.8, 4) is 0 Å². The molecule has 0 atom stereocenters. The Hall–Kier alpha value is -1.19. The third kappa shape index (κ3) is 3.28. The van der Waals surface area contributed by atoms with Gasteiger partial charge in [0.05, 0.1) is 11.4 Å². The summed E-state index contributed by atoms with van der Waals surface area (Å²) in [5.41, 5.74) is 2.56. The predicted molar refractivity (Wildman–Crippen MR) is 83.0 cm³/mol. The van der Waals surface area contributed by atoms with Crippen molar-refractivity contribution in [3.05, 3.63) is 11.4 Å². The van der Waals surface area contributed by atoms with Gasteiger partial charge in [0.15, 0.2) is 0 Å². The number of aryl methyl sites for hydroxylation is 2. The first-order chi connectivity index (χ1) is 9.45. The number of piperidine rings is 1. The first-order valence-electron chi connectivity index (χ1n) is 7.93. The van der Waals surface area contributed by atoms with Crippen LogP contribution in [-0.2, 0) is 12.8 Å². The lowest BCUT2D eigenvalue weighted by Crippen LogP contribution is -2.39. The van der Waals surface area contributed by atoms with E-state index in [0.717, 1.165) is 49.2 Å². The number of hydrogen-bond donors (Lipinski definition) is 0. The summed E-state index contributed by atoms with van der Waals surface area (Å²) >= 11 is 0. The molecule has 0 unspecified atom stereocenters. The molecule has 1 saturated heterocycles. The van der Waals surface area contributed by atoms with Gasteiger partial charge in [-0.05, 0) is 37.0 Å². The van der Waals surface area contributed by atoms with Gasteiger partial charge in [-0.15, -0.1) is 5.10 Å². The molecule has 112 valence electrons. The van der Waals surface area contributed by atoms with Gasteiger partial charge in [0.1, 0.15) is 0 Å². The maximum Gasteiger partial charge on any atom is 0.245 e. The summed E-state index contributed by atoms with van der Waals surface area (Å²) in [6.07, 6.45) is 4.30. The highest BCUT2D eigenvalue weighted by Gasteiger charge is 2.29. The molecule has 1 aromatic heterocycles. The molecule has 1 aliphatic rings. The average Bonchev–Trinajstić information content (AvgIpc) is 2.45. The van der Waals surface area contributed by atoms with E-state index >= 15 is 0 Å². The largest absolute Gasteiger partial charge is 0.340 e. The normalized spacial score (nSPS) is 17.6. The van der Waals surface area contributed by atoms with Crippen molar-refractivity contribution in [2.45, 2.75) is 60.3 Å². The van der Waals surface area contributed by atoms with Crippen molar-refractivity contribution >= 4 is 5.95 Å². The minimum absolute atomic E-state index is 0.409. The lowest BCUT2D eigenvalue weighted by atomic mass is 9.75. The molecule has 2 rings (SSSR count). The SMILES string of the molecule is CCc1nnc(N2CCC(C(C)(C)C)CC2)nc1CC. The maximum absolute atomic E-state index is 4.73. The Kier molecular flexibility index (Phi) is 4.61. The zero-order valence-corrected chi connectivity index (χ0v) is 13.6. The van der Waals surface area contributed by atoms with Crippen molar-refractivity contribution in [1.82, 2.24) is 15.2 Å². The zero-order valence-electron chi connectivity index (χ0n) is 13.6. The first-order valence-corrected chi connectivity index (χ1v) is 7.93. The molecule has 0 N–H and O–H groups in total. The monoisotopic (exact) mass is 276 g/mol. The molecule has 1 aliphatic heterocycles. The molecule has 4 nitrogen and oxygen atoms in total. The van der Waals surface area contributed by atoms with Crippen molar-refractivity contribution in [1.29, 1.82) is 0 Å². The number of hydrogen-bond acceptors (Lipinski definition) is 4. The second-order valence-electron chi connectivity index (χ2n) is 6.84. The van der Waals surface area contributed by atoms with Crippen LogP contribution in [0.4, 0.5) is 5.95 Å². The molecule has 20 heavy (non-hydrogen) atoms. The molecule has 1 aromatic rings. The van der Waals surface area contributed by atoms with E-state index in [0.29, 0.717) is 5.41 Å². The average molecular weight is 276 g/mol. The topological polar surface area (TPSA) is 41.9 Å². The Labute approximate surface area is 123 Å². The smallest absolute Gasteiger partial charge is 0.245 e. The van der Waals surface area contributed by atoms with E-state index in [1.54, 1.807) is 0 Å². The molecule has 1 fully saturated rings. The molecular formula is C16H28N4. The minimum Gasteiger partial charge on any atom is -0.340 e. The van der Waals surface area contributed by atoms with Crippen LogP contribution >= 0.6 is 0 Å². The van der Waals surface area contributed by atoms with Crippen LogP contribution in [0.15, 0.2) is 0 Å². The van der Waals surface area contributed by atoms with Crippen LogP contribution < -0.4 is 4.90 Å². The van der Waals surface area contributed by atoms with E-state index < -0.39 is 0 Å². The Morgan fingerprint density at radius 2 is 1.60 bits per heavy atom. The molecule has 0 radical (unpaired) electrons. The maximum atomic E-state index is 4.73. The van der Waals surface area contributed by atoms with Gasteiger partial charge in [0.25, 0.3) is 0 Å². The Morgan fingerprint density at radius 1 is 1.00 bits per heavy atom. The second-order valence-corrected chi connectivity index (χ2v) is 6.84. The van der Waals surface area contributed by atoms with Gasteiger partial charge < -0.3 is 4.90 Å². The van der Waals surface area contributed by atoms with E-state index in [2.05, 4.69) is 49.7 Å². The standard InChI is InChI=1S/C16H28N4/c1-6-13-14(7-2)18-19-15(17-13)20-10-8-12(9-11-20)16(3,4)5/h12H,6-11H2,1-5H3. The van der Waals surface area contributed by atoms with Crippen LogP contribution in [0, 0.1) is 11.3 Å². The van der Waals surface area contributed by atoms with Gasteiger partial charge in [0, 0.05) is 13.1 Å². The summed E-state index contributed by atoms with van der Waals surface area (Å²) in [4.78, 5) is 7.02. The van der Waals surface area contributed by atoms with Gasteiger partial charge in [-0.25, -0.2) is 4.98 Å². The van der Waals surface area contributed by atoms with E-state index in [9.17, 15) is 0 Å².